The number of nitrogens with one attached hydrogen (secondary N) is 1. The molecule has 1 aromatic heterocycles. The summed E-state index contributed by atoms with van der Waals surface area (Å²) >= 11 is 9.38. The first-order valence-corrected chi connectivity index (χ1v) is 6.01. The third kappa shape index (κ3) is 2.45. The summed E-state index contributed by atoms with van der Waals surface area (Å²) in [6.07, 6.45) is 3.66. The van der Waals surface area contributed by atoms with Gasteiger partial charge in [-0.3, -0.25) is 0 Å². The maximum Gasteiger partial charge on any atom is 0.0705 e. The molecule has 0 fully saturated rings. The van der Waals surface area contributed by atoms with Crippen LogP contribution in [0.1, 0.15) is 5.56 Å². The highest BCUT2D eigenvalue weighted by molar-refractivity contribution is 9.10. The molecule has 5 heteroatoms. The standard InChI is InChI=1S/C11H11BrClN3/c1-14-5-8-2-3-10(13)4-11(8)16-7-9(12)6-15-16/h2-4,6-7,14H,5H2,1H3. The van der Waals surface area contributed by atoms with Crippen LogP contribution in [0.25, 0.3) is 5.69 Å². The molecule has 3 nitrogen and oxygen atoms in total. The molecule has 0 saturated carbocycles. The number of aromatic nitrogens is 2. The maximum atomic E-state index is 6.00. The Labute approximate surface area is 108 Å². The van der Waals surface area contributed by atoms with E-state index in [4.69, 9.17) is 11.6 Å². The lowest BCUT2D eigenvalue weighted by atomic mass is 10.2. The summed E-state index contributed by atoms with van der Waals surface area (Å²) in [5.74, 6) is 0. The fourth-order valence-electron chi connectivity index (χ4n) is 1.52. The van der Waals surface area contributed by atoms with Crippen LogP contribution in [0.2, 0.25) is 5.02 Å². The van der Waals surface area contributed by atoms with Crippen molar-refractivity contribution >= 4 is 27.5 Å². The molecule has 84 valence electrons. The Bertz CT molecular complexity index is 496. The summed E-state index contributed by atoms with van der Waals surface area (Å²) < 4.78 is 2.76. The number of hydrogen-bond acceptors (Lipinski definition) is 2. The molecule has 0 unspecified atom stereocenters. The van der Waals surface area contributed by atoms with Crippen molar-refractivity contribution in [1.29, 1.82) is 0 Å². The molecule has 0 atom stereocenters. The summed E-state index contributed by atoms with van der Waals surface area (Å²) in [4.78, 5) is 0. The van der Waals surface area contributed by atoms with Crippen molar-refractivity contribution in [3.63, 3.8) is 0 Å². The molecule has 2 rings (SSSR count). The van der Waals surface area contributed by atoms with Gasteiger partial charge in [0, 0.05) is 17.8 Å². The van der Waals surface area contributed by atoms with Gasteiger partial charge in [-0.1, -0.05) is 17.7 Å². The van der Waals surface area contributed by atoms with Gasteiger partial charge in [-0.05, 0) is 40.7 Å². The molecule has 0 amide bonds. The SMILES string of the molecule is CNCc1ccc(Cl)cc1-n1cc(Br)cn1. The van der Waals surface area contributed by atoms with Gasteiger partial charge in [0.25, 0.3) is 0 Å². The summed E-state index contributed by atoms with van der Waals surface area (Å²) in [5, 5.41) is 8.09. The van der Waals surface area contributed by atoms with E-state index in [0.717, 1.165) is 22.3 Å². The zero-order chi connectivity index (χ0) is 11.5. The largest absolute Gasteiger partial charge is 0.316 e. The van der Waals surface area contributed by atoms with Gasteiger partial charge in [-0.2, -0.15) is 5.10 Å². The molecule has 0 bridgehead atoms. The monoisotopic (exact) mass is 299 g/mol. The minimum absolute atomic E-state index is 0.710. The normalized spacial score (nSPS) is 10.7. The summed E-state index contributed by atoms with van der Waals surface area (Å²) in [6.45, 7) is 0.782. The van der Waals surface area contributed by atoms with E-state index < -0.39 is 0 Å². The summed E-state index contributed by atoms with van der Waals surface area (Å²) in [6, 6.07) is 5.80. The van der Waals surface area contributed by atoms with E-state index in [2.05, 4.69) is 26.3 Å². The van der Waals surface area contributed by atoms with Crippen LogP contribution in [0.3, 0.4) is 0 Å². The van der Waals surface area contributed by atoms with Gasteiger partial charge in [-0.15, -0.1) is 0 Å². The maximum absolute atomic E-state index is 6.00. The first-order chi connectivity index (χ1) is 7.70. The van der Waals surface area contributed by atoms with Crippen LogP contribution in [0.15, 0.2) is 35.1 Å². The van der Waals surface area contributed by atoms with Crippen molar-refractivity contribution in [2.24, 2.45) is 0 Å². The van der Waals surface area contributed by atoms with E-state index in [-0.39, 0.29) is 0 Å². The molecular weight excluding hydrogens is 289 g/mol. The zero-order valence-electron chi connectivity index (χ0n) is 8.74. The van der Waals surface area contributed by atoms with Crippen molar-refractivity contribution in [2.75, 3.05) is 7.05 Å². The van der Waals surface area contributed by atoms with Gasteiger partial charge >= 0.3 is 0 Å². The van der Waals surface area contributed by atoms with Crippen LogP contribution in [0.5, 0.6) is 0 Å². The second kappa shape index (κ2) is 4.99. The van der Waals surface area contributed by atoms with E-state index >= 15 is 0 Å². The van der Waals surface area contributed by atoms with E-state index in [9.17, 15) is 0 Å². The van der Waals surface area contributed by atoms with Crippen LogP contribution < -0.4 is 5.32 Å². The number of rotatable bonds is 3. The molecular formula is C11H11BrClN3. The Kier molecular flexibility index (Phi) is 3.63. The smallest absolute Gasteiger partial charge is 0.0705 e. The number of halogens is 2. The van der Waals surface area contributed by atoms with E-state index in [1.165, 1.54) is 0 Å². The third-order valence-corrected chi connectivity index (χ3v) is 2.86. The summed E-state index contributed by atoms with van der Waals surface area (Å²) in [5.41, 5.74) is 2.15. The second-order valence-electron chi connectivity index (χ2n) is 3.41. The van der Waals surface area contributed by atoms with Gasteiger partial charge in [0.1, 0.15) is 0 Å². The molecule has 16 heavy (non-hydrogen) atoms. The topological polar surface area (TPSA) is 29.9 Å². The number of benzene rings is 1. The average Bonchev–Trinajstić information content (AvgIpc) is 2.68. The van der Waals surface area contributed by atoms with Crippen molar-refractivity contribution in [2.45, 2.75) is 6.54 Å². The molecule has 1 N–H and O–H groups in total. The Morgan fingerprint density at radius 3 is 2.94 bits per heavy atom. The molecule has 2 aromatic rings. The van der Waals surface area contributed by atoms with Crippen LogP contribution >= 0.6 is 27.5 Å². The molecule has 0 aliphatic carbocycles. The van der Waals surface area contributed by atoms with Crippen LogP contribution in [-0.2, 0) is 6.54 Å². The summed E-state index contributed by atoms with van der Waals surface area (Å²) in [7, 11) is 1.91. The predicted octanol–water partition coefficient (Wildman–Crippen LogP) is 3.01. The molecule has 0 aliphatic rings. The predicted molar refractivity (Wildman–Crippen MR) is 69.0 cm³/mol. The average molecular weight is 301 g/mol. The minimum atomic E-state index is 0.710. The second-order valence-corrected chi connectivity index (χ2v) is 4.76. The number of nitrogens with zero attached hydrogens (tertiary/aromatic N) is 2. The molecule has 0 spiro atoms. The molecule has 0 aliphatic heterocycles. The Hall–Kier alpha value is -0.840. The van der Waals surface area contributed by atoms with Gasteiger partial charge in [-0.25, -0.2) is 4.68 Å². The molecule has 0 radical (unpaired) electrons. The van der Waals surface area contributed by atoms with Gasteiger partial charge in [0.05, 0.1) is 16.4 Å². The Morgan fingerprint density at radius 1 is 1.50 bits per heavy atom. The Morgan fingerprint density at radius 2 is 2.31 bits per heavy atom. The van der Waals surface area contributed by atoms with E-state index in [1.54, 1.807) is 6.20 Å². The lowest BCUT2D eigenvalue weighted by Crippen LogP contribution is -2.09. The first kappa shape index (κ1) is 11.6. The highest BCUT2D eigenvalue weighted by Gasteiger charge is 2.06. The van der Waals surface area contributed by atoms with Gasteiger partial charge < -0.3 is 5.32 Å². The van der Waals surface area contributed by atoms with Gasteiger partial charge in [0.15, 0.2) is 0 Å². The Balaban J connectivity index is 2.48. The lowest BCUT2D eigenvalue weighted by molar-refractivity contribution is 0.789. The molecule has 0 saturated heterocycles. The third-order valence-electron chi connectivity index (χ3n) is 2.21. The van der Waals surface area contributed by atoms with Crippen molar-refractivity contribution in [1.82, 2.24) is 15.1 Å². The van der Waals surface area contributed by atoms with Gasteiger partial charge in [0.2, 0.25) is 0 Å². The molecule has 1 aromatic carbocycles. The van der Waals surface area contributed by atoms with Crippen molar-refractivity contribution in [3.05, 3.63) is 45.7 Å². The molecule has 1 heterocycles. The fraction of sp³-hybridized carbons (Fsp3) is 0.182. The zero-order valence-corrected chi connectivity index (χ0v) is 11.1. The van der Waals surface area contributed by atoms with Crippen molar-refractivity contribution in [3.8, 4) is 5.69 Å². The highest BCUT2D eigenvalue weighted by atomic mass is 79.9. The quantitative estimate of drug-likeness (QED) is 0.944. The van der Waals surface area contributed by atoms with Crippen LogP contribution in [0.4, 0.5) is 0 Å². The first-order valence-electron chi connectivity index (χ1n) is 4.84. The fourth-order valence-corrected chi connectivity index (χ4v) is 1.97. The minimum Gasteiger partial charge on any atom is -0.316 e. The highest BCUT2D eigenvalue weighted by Crippen LogP contribution is 2.21. The van der Waals surface area contributed by atoms with E-state index in [1.807, 2.05) is 36.1 Å². The van der Waals surface area contributed by atoms with E-state index in [0.29, 0.717) is 5.02 Å². The van der Waals surface area contributed by atoms with Crippen LogP contribution in [0, 0.1) is 0 Å². The lowest BCUT2D eigenvalue weighted by Gasteiger charge is -2.09. The van der Waals surface area contributed by atoms with Crippen molar-refractivity contribution < 1.29 is 0 Å². The number of hydrogen-bond donors (Lipinski definition) is 1. The van der Waals surface area contributed by atoms with Crippen LogP contribution in [-0.4, -0.2) is 16.8 Å².